The van der Waals surface area contributed by atoms with Gasteiger partial charge in [0.15, 0.2) is 6.10 Å². The van der Waals surface area contributed by atoms with Crippen molar-refractivity contribution in [2.45, 2.75) is 45.8 Å². The minimum Gasteiger partial charge on any atom is -0.480 e. The second-order valence-electron chi connectivity index (χ2n) is 9.09. The molecule has 0 N–H and O–H groups in total. The third-order valence-corrected chi connectivity index (χ3v) is 6.59. The summed E-state index contributed by atoms with van der Waals surface area (Å²) in [5, 5.41) is 0.707. The van der Waals surface area contributed by atoms with E-state index in [4.69, 9.17) is 9.15 Å². The van der Waals surface area contributed by atoms with Gasteiger partial charge in [-0.05, 0) is 62.4 Å². The number of hydrogen-bond donors (Lipinski definition) is 0. The van der Waals surface area contributed by atoms with E-state index in [1.165, 1.54) is 6.07 Å². The monoisotopic (exact) mass is 434 g/mol. The Morgan fingerprint density at radius 3 is 2.75 bits per heavy atom. The van der Waals surface area contributed by atoms with Gasteiger partial charge in [0.05, 0.1) is 5.39 Å². The summed E-state index contributed by atoms with van der Waals surface area (Å²) in [7, 11) is 0. The molecule has 2 aromatic heterocycles. The highest BCUT2D eigenvalue weighted by Crippen LogP contribution is 2.36. The van der Waals surface area contributed by atoms with E-state index in [2.05, 4.69) is 0 Å². The Hall–Kier alpha value is -3.35. The topological polar surface area (TPSA) is 81.8 Å². The number of carbonyl (C=O) groups is 1. The Labute approximate surface area is 185 Å². The molecule has 7 heteroatoms. The van der Waals surface area contributed by atoms with Gasteiger partial charge in [-0.15, -0.1) is 0 Å². The minimum absolute atomic E-state index is 0.0297. The van der Waals surface area contributed by atoms with Gasteiger partial charge >= 0.3 is 5.63 Å². The van der Waals surface area contributed by atoms with Gasteiger partial charge in [0.2, 0.25) is 0 Å². The van der Waals surface area contributed by atoms with E-state index in [0.29, 0.717) is 36.4 Å². The van der Waals surface area contributed by atoms with Crippen molar-refractivity contribution in [3.63, 3.8) is 0 Å². The van der Waals surface area contributed by atoms with Gasteiger partial charge in [-0.3, -0.25) is 9.59 Å². The zero-order valence-electron chi connectivity index (χ0n) is 18.5. The van der Waals surface area contributed by atoms with Crippen LogP contribution in [-0.4, -0.2) is 34.6 Å². The summed E-state index contributed by atoms with van der Waals surface area (Å²) in [6.07, 6.45) is 0.298. The molecule has 1 saturated heterocycles. The molecule has 4 heterocycles. The Kier molecular flexibility index (Phi) is 4.92. The fourth-order valence-corrected chi connectivity index (χ4v) is 5.24. The van der Waals surface area contributed by atoms with Crippen LogP contribution in [0.15, 0.2) is 50.4 Å². The molecule has 1 amide bonds. The van der Waals surface area contributed by atoms with Gasteiger partial charge in [-0.25, -0.2) is 4.79 Å². The van der Waals surface area contributed by atoms with E-state index in [-0.39, 0.29) is 23.3 Å². The van der Waals surface area contributed by atoms with Gasteiger partial charge in [0.25, 0.3) is 11.5 Å². The molecule has 1 unspecified atom stereocenters. The zero-order valence-corrected chi connectivity index (χ0v) is 18.5. The SMILES string of the molecule is Cc1cc(OC(C)C(=O)N2C[C@H]3C[C@@H](C2)c2cccc(=O)n2C3)c2c(C)cc(=O)oc2c1. The molecular formula is C25H26N2O5. The highest BCUT2D eigenvalue weighted by molar-refractivity contribution is 5.88. The summed E-state index contributed by atoms with van der Waals surface area (Å²) in [6.45, 7) is 7.33. The van der Waals surface area contributed by atoms with Crippen molar-refractivity contribution in [3.05, 3.63) is 74.0 Å². The van der Waals surface area contributed by atoms with Crippen LogP contribution in [0.2, 0.25) is 0 Å². The number of pyridine rings is 1. The molecule has 1 fully saturated rings. The predicted octanol–water partition coefficient (Wildman–Crippen LogP) is 2.98. The number of likely N-dealkylation sites (tertiary alicyclic amines) is 1. The standard InChI is InChI=1S/C25H26N2O5/c1-14-7-20(24-15(2)9-23(29)32-21(24)8-14)31-16(3)25(30)26-11-17-10-18(13-26)19-5-4-6-22(28)27(19)12-17/h4-9,16-18H,10-13H2,1-3H3/t16?,17-,18+/m1/s1. The van der Waals surface area contributed by atoms with Crippen molar-refractivity contribution in [1.82, 2.24) is 9.47 Å². The Bertz CT molecular complexity index is 1340. The molecule has 7 nitrogen and oxygen atoms in total. The Morgan fingerprint density at radius 2 is 1.94 bits per heavy atom. The maximum Gasteiger partial charge on any atom is 0.336 e. The van der Waals surface area contributed by atoms with Crippen LogP contribution in [0.1, 0.15) is 36.1 Å². The van der Waals surface area contributed by atoms with Gasteiger partial charge in [-0.2, -0.15) is 0 Å². The largest absolute Gasteiger partial charge is 0.480 e. The van der Waals surface area contributed by atoms with E-state index in [1.807, 2.05) is 35.4 Å². The van der Waals surface area contributed by atoms with Crippen LogP contribution in [0, 0.1) is 19.8 Å². The average molecular weight is 434 g/mol. The van der Waals surface area contributed by atoms with Crippen LogP contribution >= 0.6 is 0 Å². The predicted molar refractivity (Wildman–Crippen MR) is 120 cm³/mol. The highest BCUT2D eigenvalue weighted by Gasteiger charge is 2.37. The smallest absolute Gasteiger partial charge is 0.336 e. The molecule has 3 aromatic rings. The van der Waals surface area contributed by atoms with Crippen LogP contribution in [-0.2, 0) is 11.3 Å². The normalized spacial score (nSPS) is 20.7. The first-order valence-electron chi connectivity index (χ1n) is 11.0. The molecule has 0 aliphatic carbocycles. The number of aryl methyl sites for hydroxylation is 2. The number of amides is 1. The highest BCUT2D eigenvalue weighted by atomic mass is 16.5. The van der Waals surface area contributed by atoms with E-state index < -0.39 is 11.7 Å². The van der Waals surface area contributed by atoms with Crippen LogP contribution in [0.4, 0.5) is 0 Å². The van der Waals surface area contributed by atoms with Crippen LogP contribution in [0.25, 0.3) is 11.0 Å². The summed E-state index contributed by atoms with van der Waals surface area (Å²) in [5.74, 6) is 0.880. The van der Waals surface area contributed by atoms with Crippen LogP contribution in [0.5, 0.6) is 5.75 Å². The first kappa shape index (κ1) is 20.5. The first-order chi connectivity index (χ1) is 15.3. The summed E-state index contributed by atoms with van der Waals surface area (Å²) in [4.78, 5) is 39.2. The third-order valence-electron chi connectivity index (χ3n) is 6.59. The molecule has 5 rings (SSSR count). The third kappa shape index (κ3) is 3.51. The number of nitrogens with zero attached hydrogens (tertiary/aromatic N) is 2. The van der Waals surface area contributed by atoms with Crippen molar-refractivity contribution >= 4 is 16.9 Å². The lowest BCUT2D eigenvalue weighted by atomic mass is 9.83. The maximum atomic E-state index is 13.3. The van der Waals surface area contributed by atoms with E-state index in [9.17, 15) is 14.4 Å². The number of carbonyl (C=O) groups excluding carboxylic acids is 1. The number of hydrogen-bond acceptors (Lipinski definition) is 5. The van der Waals surface area contributed by atoms with Crippen LogP contribution in [0.3, 0.4) is 0 Å². The molecule has 3 atom stereocenters. The first-order valence-corrected chi connectivity index (χ1v) is 11.0. The van der Waals surface area contributed by atoms with Crippen molar-refractivity contribution in [2.24, 2.45) is 5.92 Å². The molecule has 1 aromatic carbocycles. The van der Waals surface area contributed by atoms with Crippen molar-refractivity contribution in [2.75, 3.05) is 13.1 Å². The van der Waals surface area contributed by atoms with Gasteiger partial charge in [0, 0.05) is 43.4 Å². The van der Waals surface area contributed by atoms with Gasteiger partial charge in [-0.1, -0.05) is 6.07 Å². The molecule has 32 heavy (non-hydrogen) atoms. The second kappa shape index (κ2) is 7.65. The number of rotatable bonds is 3. The quantitative estimate of drug-likeness (QED) is 0.592. The summed E-state index contributed by atoms with van der Waals surface area (Å²) in [6, 6.07) is 10.5. The molecule has 0 spiro atoms. The molecule has 166 valence electrons. The van der Waals surface area contributed by atoms with E-state index in [0.717, 1.165) is 23.2 Å². The molecule has 2 aliphatic heterocycles. The van der Waals surface area contributed by atoms with Crippen LogP contribution < -0.4 is 15.9 Å². The fraction of sp³-hybridized carbons (Fsp3) is 0.400. The number of aromatic nitrogens is 1. The van der Waals surface area contributed by atoms with E-state index >= 15 is 0 Å². The number of fused-ring (bicyclic) bond motifs is 5. The zero-order chi connectivity index (χ0) is 22.6. The lowest BCUT2D eigenvalue weighted by Crippen LogP contribution is -2.52. The number of ether oxygens (including phenoxy) is 1. The maximum absolute atomic E-state index is 13.3. The van der Waals surface area contributed by atoms with Crippen molar-refractivity contribution in [1.29, 1.82) is 0 Å². The van der Waals surface area contributed by atoms with E-state index in [1.54, 1.807) is 25.1 Å². The summed E-state index contributed by atoms with van der Waals surface area (Å²) >= 11 is 0. The molecular weight excluding hydrogens is 408 g/mol. The lowest BCUT2D eigenvalue weighted by molar-refractivity contribution is -0.140. The fourth-order valence-electron chi connectivity index (χ4n) is 5.24. The molecule has 2 bridgehead atoms. The molecule has 0 radical (unpaired) electrons. The summed E-state index contributed by atoms with van der Waals surface area (Å²) < 4.78 is 13.4. The van der Waals surface area contributed by atoms with Crippen molar-refractivity contribution < 1.29 is 13.9 Å². The van der Waals surface area contributed by atoms with Gasteiger partial charge in [0.1, 0.15) is 11.3 Å². The van der Waals surface area contributed by atoms with Crippen molar-refractivity contribution in [3.8, 4) is 5.75 Å². The second-order valence-corrected chi connectivity index (χ2v) is 9.09. The number of benzene rings is 1. The molecule has 0 saturated carbocycles. The average Bonchev–Trinajstić information content (AvgIpc) is 2.73. The Morgan fingerprint density at radius 1 is 1.12 bits per heavy atom. The summed E-state index contributed by atoms with van der Waals surface area (Å²) in [5.41, 5.74) is 2.72. The lowest BCUT2D eigenvalue weighted by Gasteiger charge is -2.43. The Balaban J connectivity index is 1.40. The molecule has 2 aliphatic rings. The minimum atomic E-state index is -0.692. The van der Waals surface area contributed by atoms with Gasteiger partial charge < -0.3 is 18.6 Å². The number of piperidine rings is 1.